The van der Waals surface area contributed by atoms with Crippen molar-refractivity contribution >= 4 is 5.82 Å². The van der Waals surface area contributed by atoms with Crippen LogP contribution in [0.1, 0.15) is 31.2 Å². The molecule has 5 nitrogen and oxygen atoms in total. The Morgan fingerprint density at radius 1 is 1.11 bits per heavy atom. The minimum atomic E-state index is -2.58. The first-order valence-corrected chi connectivity index (χ1v) is 8.71. The third-order valence-corrected chi connectivity index (χ3v) is 5.19. The van der Waals surface area contributed by atoms with Gasteiger partial charge in [-0.3, -0.25) is 9.78 Å². The monoisotopic (exact) mass is 383 g/mol. The van der Waals surface area contributed by atoms with Gasteiger partial charge < -0.3 is 5.32 Å². The van der Waals surface area contributed by atoms with Crippen molar-refractivity contribution in [1.29, 1.82) is 0 Å². The van der Waals surface area contributed by atoms with Gasteiger partial charge in [0.05, 0.1) is 11.3 Å². The van der Waals surface area contributed by atoms with E-state index in [9.17, 15) is 27.2 Å². The molecule has 27 heavy (non-hydrogen) atoms. The van der Waals surface area contributed by atoms with E-state index in [1.807, 2.05) is 0 Å². The number of fused-ring (bicyclic) bond motifs is 1. The van der Waals surface area contributed by atoms with Gasteiger partial charge in [0.2, 0.25) is 5.92 Å². The summed E-state index contributed by atoms with van der Waals surface area (Å²) in [6.45, 7) is 0. The molecule has 1 fully saturated rings. The standard InChI is InChI=1S/C18H17F4N3O2/c19-10-4-11(20)6-13(5-10)25-16(26)14-2-1-12(23-15(14)24-17(25)27)3-9-7-18(21,22)8-9/h4-6,9,12,23H,1-3,7-8H2,(H,24,27)/t12-/m1/s1. The third kappa shape index (κ3) is 3.38. The maximum atomic E-state index is 13.4. The van der Waals surface area contributed by atoms with Crippen LogP contribution in [0.3, 0.4) is 0 Å². The predicted molar refractivity (Wildman–Crippen MR) is 90.6 cm³/mol. The minimum absolute atomic E-state index is 0.0820. The highest BCUT2D eigenvalue weighted by Gasteiger charge is 2.45. The zero-order valence-corrected chi connectivity index (χ0v) is 14.2. The maximum Gasteiger partial charge on any atom is 0.334 e. The minimum Gasteiger partial charge on any atom is -0.368 e. The third-order valence-electron chi connectivity index (χ3n) is 5.19. The van der Waals surface area contributed by atoms with Crippen molar-refractivity contribution < 1.29 is 17.6 Å². The lowest BCUT2D eigenvalue weighted by atomic mass is 9.76. The molecule has 0 unspecified atom stereocenters. The number of aromatic nitrogens is 2. The summed E-state index contributed by atoms with van der Waals surface area (Å²) in [5.41, 5.74) is -1.37. The molecule has 2 aliphatic rings. The molecule has 0 bridgehead atoms. The Morgan fingerprint density at radius 2 is 1.78 bits per heavy atom. The SMILES string of the molecule is O=c1[nH]c2c(c(=O)n1-c1cc(F)cc(F)c1)CC[C@H](CC1CC(F)(F)C1)N2. The van der Waals surface area contributed by atoms with E-state index in [4.69, 9.17) is 0 Å². The van der Waals surface area contributed by atoms with Crippen LogP contribution in [0.15, 0.2) is 27.8 Å². The van der Waals surface area contributed by atoms with Crippen molar-refractivity contribution in [3.63, 3.8) is 0 Å². The summed E-state index contributed by atoms with van der Waals surface area (Å²) in [7, 11) is 0. The summed E-state index contributed by atoms with van der Waals surface area (Å²) >= 11 is 0. The number of anilines is 1. The lowest BCUT2D eigenvalue weighted by molar-refractivity contribution is -0.113. The molecule has 1 saturated carbocycles. The number of aromatic amines is 1. The van der Waals surface area contributed by atoms with Crippen LogP contribution in [-0.4, -0.2) is 21.5 Å². The number of rotatable bonds is 3. The van der Waals surface area contributed by atoms with Gasteiger partial charge in [-0.25, -0.2) is 26.9 Å². The number of nitrogens with one attached hydrogen (secondary N) is 2. The van der Waals surface area contributed by atoms with Crippen molar-refractivity contribution in [2.45, 2.75) is 44.1 Å². The van der Waals surface area contributed by atoms with Crippen molar-refractivity contribution in [3.05, 3.63) is 56.2 Å². The zero-order chi connectivity index (χ0) is 19.3. The average Bonchev–Trinajstić information content (AvgIpc) is 2.52. The normalized spacial score (nSPS) is 21.3. The molecule has 0 amide bonds. The summed E-state index contributed by atoms with van der Waals surface area (Å²) < 4.78 is 53.6. The van der Waals surface area contributed by atoms with Gasteiger partial charge in [0, 0.05) is 24.9 Å². The first-order chi connectivity index (χ1) is 12.7. The van der Waals surface area contributed by atoms with Crippen molar-refractivity contribution in [3.8, 4) is 5.69 Å². The van der Waals surface area contributed by atoms with E-state index in [1.165, 1.54) is 0 Å². The van der Waals surface area contributed by atoms with Crippen LogP contribution in [0.2, 0.25) is 0 Å². The maximum absolute atomic E-state index is 13.4. The molecular formula is C18H17F4N3O2. The molecule has 144 valence electrons. The highest BCUT2D eigenvalue weighted by molar-refractivity contribution is 5.47. The number of alkyl halides is 2. The molecule has 1 aliphatic heterocycles. The summed E-state index contributed by atoms with van der Waals surface area (Å²) in [4.78, 5) is 27.6. The lowest BCUT2D eigenvalue weighted by Crippen LogP contribution is -2.43. The molecular weight excluding hydrogens is 366 g/mol. The van der Waals surface area contributed by atoms with Crippen LogP contribution in [0, 0.1) is 17.6 Å². The van der Waals surface area contributed by atoms with Crippen molar-refractivity contribution in [2.24, 2.45) is 5.92 Å². The van der Waals surface area contributed by atoms with Crippen LogP contribution in [0.25, 0.3) is 5.69 Å². The van der Waals surface area contributed by atoms with Gasteiger partial charge in [0.15, 0.2) is 0 Å². The molecule has 1 aromatic carbocycles. The Bertz CT molecular complexity index is 986. The van der Waals surface area contributed by atoms with Gasteiger partial charge in [-0.2, -0.15) is 0 Å². The second-order valence-electron chi connectivity index (χ2n) is 7.30. The first kappa shape index (κ1) is 17.8. The smallest absolute Gasteiger partial charge is 0.334 e. The van der Waals surface area contributed by atoms with Crippen LogP contribution in [0.5, 0.6) is 0 Å². The largest absolute Gasteiger partial charge is 0.368 e. The molecule has 0 spiro atoms. The number of halogens is 4. The fourth-order valence-corrected chi connectivity index (χ4v) is 3.96. The molecule has 0 saturated heterocycles. The Kier molecular flexibility index (Phi) is 4.12. The number of H-pyrrole nitrogens is 1. The van der Waals surface area contributed by atoms with Gasteiger partial charge in [-0.15, -0.1) is 0 Å². The second-order valence-corrected chi connectivity index (χ2v) is 7.30. The Morgan fingerprint density at radius 3 is 2.41 bits per heavy atom. The average molecular weight is 383 g/mol. The van der Waals surface area contributed by atoms with Crippen molar-refractivity contribution in [1.82, 2.24) is 9.55 Å². The number of hydrogen-bond donors (Lipinski definition) is 2. The van der Waals surface area contributed by atoms with Crippen LogP contribution < -0.4 is 16.6 Å². The molecule has 9 heteroatoms. The van der Waals surface area contributed by atoms with Gasteiger partial charge in [-0.05, 0) is 37.3 Å². The summed E-state index contributed by atoms with van der Waals surface area (Å²) in [6, 6.07) is 2.34. The van der Waals surface area contributed by atoms with Crippen LogP contribution in [0.4, 0.5) is 23.4 Å². The Labute approximate surface area is 151 Å². The molecule has 2 aromatic rings. The summed E-state index contributed by atoms with van der Waals surface area (Å²) in [5, 5.41) is 3.04. The van der Waals surface area contributed by atoms with E-state index in [-0.39, 0.29) is 36.3 Å². The van der Waals surface area contributed by atoms with Gasteiger partial charge in [-0.1, -0.05) is 0 Å². The lowest BCUT2D eigenvalue weighted by Gasteiger charge is -2.38. The highest BCUT2D eigenvalue weighted by Crippen LogP contribution is 2.45. The zero-order valence-electron chi connectivity index (χ0n) is 14.2. The summed E-state index contributed by atoms with van der Waals surface area (Å²) in [5.74, 6) is -4.21. The van der Waals surface area contributed by atoms with Gasteiger partial charge in [0.25, 0.3) is 5.56 Å². The first-order valence-electron chi connectivity index (χ1n) is 8.71. The van der Waals surface area contributed by atoms with E-state index < -0.39 is 28.8 Å². The van der Waals surface area contributed by atoms with Crippen LogP contribution in [-0.2, 0) is 6.42 Å². The van der Waals surface area contributed by atoms with Crippen molar-refractivity contribution in [2.75, 3.05) is 5.32 Å². The highest BCUT2D eigenvalue weighted by atomic mass is 19.3. The molecule has 1 atom stereocenters. The summed E-state index contributed by atoms with van der Waals surface area (Å²) in [6.07, 6.45) is 1.15. The fraction of sp³-hybridized carbons (Fsp3) is 0.444. The fourth-order valence-electron chi connectivity index (χ4n) is 3.96. The topological polar surface area (TPSA) is 66.9 Å². The van der Waals surface area contributed by atoms with E-state index >= 15 is 0 Å². The number of benzene rings is 1. The Hall–Kier alpha value is -2.58. The number of nitrogens with zero attached hydrogens (tertiary/aromatic N) is 1. The molecule has 1 aliphatic carbocycles. The van der Waals surface area contributed by atoms with Crippen LogP contribution >= 0.6 is 0 Å². The van der Waals surface area contributed by atoms with E-state index in [0.717, 1.165) is 12.1 Å². The van der Waals surface area contributed by atoms with E-state index in [1.54, 1.807) is 0 Å². The molecule has 4 rings (SSSR count). The van der Waals surface area contributed by atoms with E-state index in [0.29, 0.717) is 35.5 Å². The quantitative estimate of drug-likeness (QED) is 0.801. The van der Waals surface area contributed by atoms with Gasteiger partial charge >= 0.3 is 5.69 Å². The number of hydrogen-bond acceptors (Lipinski definition) is 3. The Balaban J connectivity index is 1.62. The second kappa shape index (κ2) is 6.24. The van der Waals surface area contributed by atoms with E-state index in [2.05, 4.69) is 10.3 Å². The predicted octanol–water partition coefficient (Wildman–Crippen LogP) is 2.97. The molecule has 0 radical (unpaired) electrons. The molecule has 1 aromatic heterocycles. The molecule has 2 heterocycles. The molecule has 2 N–H and O–H groups in total. The van der Waals surface area contributed by atoms with Gasteiger partial charge in [0.1, 0.15) is 17.5 Å².